The first-order chi connectivity index (χ1) is 10.2. The van der Waals surface area contributed by atoms with E-state index in [9.17, 15) is 8.78 Å². The van der Waals surface area contributed by atoms with E-state index in [0.717, 1.165) is 19.3 Å². The molecule has 110 valence electrons. The summed E-state index contributed by atoms with van der Waals surface area (Å²) in [6.07, 6.45) is 0.264. The minimum atomic E-state index is -2.56. The fourth-order valence-electron chi connectivity index (χ4n) is 2.19. The van der Waals surface area contributed by atoms with E-state index in [2.05, 4.69) is 15.3 Å². The third kappa shape index (κ3) is 3.74. The molecule has 3 nitrogen and oxygen atoms in total. The summed E-state index contributed by atoms with van der Waals surface area (Å²) in [5.74, 6) is 1.31. The van der Waals surface area contributed by atoms with E-state index in [1.165, 1.54) is 11.6 Å². The van der Waals surface area contributed by atoms with Crippen molar-refractivity contribution in [1.82, 2.24) is 9.97 Å². The first-order valence-corrected chi connectivity index (χ1v) is 7.17. The number of nitrogens with zero attached hydrogens (tertiary/aromatic N) is 2. The van der Waals surface area contributed by atoms with Gasteiger partial charge in [-0.15, -0.1) is 0 Å². The first-order valence-electron chi connectivity index (χ1n) is 7.17. The Balaban J connectivity index is 1.66. The van der Waals surface area contributed by atoms with Crippen LogP contribution in [0.2, 0.25) is 0 Å². The molecule has 0 atom stereocenters. The summed E-state index contributed by atoms with van der Waals surface area (Å²) in [4.78, 5) is 8.31. The van der Waals surface area contributed by atoms with E-state index in [1.807, 2.05) is 30.3 Å². The number of hydrogen-bond donors (Lipinski definition) is 1. The fourth-order valence-corrected chi connectivity index (χ4v) is 2.19. The quantitative estimate of drug-likeness (QED) is 0.875. The summed E-state index contributed by atoms with van der Waals surface area (Å²) < 4.78 is 25.8. The molecule has 3 rings (SSSR count). The van der Waals surface area contributed by atoms with Crippen molar-refractivity contribution in [2.24, 2.45) is 0 Å². The van der Waals surface area contributed by atoms with E-state index in [-0.39, 0.29) is 11.6 Å². The number of rotatable bonds is 6. The van der Waals surface area contributed by atoms with E-state index in [4.69, 9.17) is 0 Å². The average molecular weight is 289 g/mol. The fraction of sp³-hybridized carbons (Fsp3) is 0.375. The molecular weight excluding hydrogens is 272 g/mol. The van der Waals surface area contributed by atoms with Gasteiger partial charge < -0.3 is 5.32 Å². The third-order valence-electron chi connectivity index (χ3n) is 3.49. The molecule has 0 unspecified atom stereocenters. The van der Waals surface area contributed by atoms with Crippen molar-refractivity contribution in [1.29, 1.82) is 0 Å². The number of halogens is 2. The van der Waals surface area contributed by atoms with Crippen LogP contribution in [0, 0.1) is 0 Å². The van der Waals surface area contributed by atoms with Gasteiger partial charge in [-0.25, -0.2) is 18.7 Å². The summed E-state index contributed by atoms with van der Waals surface area (Å²) in [7, 11) is 0. The number of alkyl halides is 2. The first kappa shape index (κ1) is 13.9. The molecule has 0 radical (unpaired) electrons. The maximum absolute atomic E-state index is 12.9. The second-order valence-electron chi connectivity index (χ2n) is 5.27. The molecule has 1 saturated carbocycles. The van der Waals surface area contributed by atoms with Gasteiger partial charge in [0.2, 0.25) is 0 Å². The van der Waals surface area contributed by atoms with Crippen molar-refractivity contribution in [2.75, 3.05) is 11.9 Å². The Morgan fingerprint density at radius 3 is 2.57 bits per heavy atom. The van der Waals surface area contributed by atoms with Crippen molar-refractivity contribution in [2.45, 2.75) is 31.6 Å². The molecule has 0 aliphatic heterocycles. The lowest BCUT2D eigenvalue weighted by molar-refractivity contribution is 0.145. The molecule has 0 spiro atoms. The van der Waals surface area contributed by atoms with E-state index >= 15 is 0 Å². The number of hydrogen-bond acceptors (Lipinski definition) is 3. The van der Waals surface area contributed by atoms with Gasteiger partial charge in [0.1, 0.15) is 17.3 Å². The van der Waals surface area contributed by atoms with Crippen LogP contribution >= 0.6 is 0 Å². The van der Waals surface area contributed by atoms with Crippen molar-refractivity contribution in [3.05, 3.63) is 53.5 Å². The lowest BCUT2D eigenvalue weighted by Crippen LogP contribution is -2.09. The van der Waals surface area contributed by atoms with E-state index in [0.29, 0.717) is 18.2 Å². The van der Waals surface area contributed by atoms with Gasteiger partial charge >= 0.3 is 0 Å². The van der Waals surface area contributed by atoms with Crippen LogP contribution in [0.1, 0.15) is 42.3 Å². The SMILES string of the molecule is FC(F)c1cc(NCCc2ccccc2)nc(C2CC2)n1. The molecule has 1 heterocycles. The summed E-state index contributed by atoms with van der Waals surface area (Å²) in [6.45, 7) is 0.661. The largest absolute Gasteiger partial charge is 0.370 e. The maximum Gasteiger partial charge on any atom is 0.280 e. The molecule has 0 bridgehead atoms. The van der Waals surface area contributed by atoms with Crippen LogP contribution in [0.25, 0.3) is 0 Å². The molecule has 1 N–H and O–H groups in total. The molecule has 1 fully saturated rings. The van der Waals surface area contributed by atoms with Crippen LogP contribution in [0.5, 0.6) is 0 Å². The molecule has 1 aromatic heterocycles. The molecule has 0 saturated heterocycles. The zero-order valence-electron chi connectivity index (χ0n) is 11.6. The van der Waals surface area contributed by atoms with Crippen molar-refractivity contribution < 1.29 is 8.78 Å². The Kier molecular flexibility index (Phi) is 4.08. The van der Waals surface area contributed by atoms with Gasteiger partial charge in [0.25, 0.3) is 6.43 Å². The molecule has 5 heteroatoms. The minimum absolute atomic E-state index is 0.186. The standard InChI is InChI=1S/C16H17F2N3/c17-15(18)13-10-14(21-16(20-13)12-6-7-12)19-9-8-11-4-2-1-3-5-11/h1-5,10,12,15H,6-9H2,(H,19,20,21). The number of aromatic nitrogens is 2. The second-order valence-corrected chi connectivity index (χ2v) is 5.27. The molecule has 1 aliphatic carbocycles. The molecular formula is C16H17F2N3. The molecule has 1 aromatic carbocycles. The minimum Gasteiger partial charge on any atom is -0.370 e. The van der Waals surface area contributed by atoms with Crippen LogP contribution < -0.4 is 5.32 Å². The topological polar surface area (TPSA) is 37.8 Å². The van der Waals surface area contributed by atoms with Crippen LogP contribution in [0.15, 0.2) is 36.4 Å². The Bertz CT molecular complexity index is 577. The maximum atomic E-state index is 12.9. The van der Waals surface area contributed by atoms with Crippen LogP contribution in [0.4, 0.5) is 14.6 Å². The summed E-state index contributed by atoms with van der Waals surface area (Å²) >= 11 is 0. The molecule has 2 aromatic rings. The average Bonchev–Trinajstić information content (AvgIpc) is 3.33. The predicted molar refractivity (Wildman–Crippen MR) is 77.6 cm³/mol. The van der Waals surface area contributed by atoms with Gasteiger partial charge in [-0.1, -0.05) is 30.3 Å². The van der Waals surface area contributed by atoms with Gasteiger partial charge in [0.05, 0.1) is 0 Å². The van der Waals surface area contributed by atoms with Crippen molar-refractivity contribution in [3.63, 3.8) is 0 Å². The lowest BCUT2D eigenvalue weighted by atomic mass is 10.1. The number of nitrogens with one attached hydrogen (secondary N) is 1. The molecule has 21 heavy (non-hydrogen) atoms. The highest BCUT2D eigenvalue weighted by atomic mass is 19.3. The van der Waals surface area contributed by atoms with Crippen LogP contribution in [-0.2, 0) is 6.42 Å². The smallest absolute Gasteiger partial charge is 0.280 e. The molecule has 0 amide bonds. The van der Waals surface area contributed by atoms with Gasteiger partial charge in [-0.05, 0) is 24.8 Å². The highest BCUT2D eigenvalue weighted by Crippen LogP contribution is 2.39. The van der Waals surface area contributed by atoms with Gasteiger partial charge in [-0.2, -0.15) is 0 Å². The van der Waals surface area contributed by atoms with E-state index < -0.39 is 6.43 Å². The highest BCUT2D eigenvalue weighted by Gasteiger charge is 2.28. The summed E-state index contributed by atoms with van der Waals surface area (Å²) in [5.41, 5.74) is 1.02. The van der Waals surface area contributed by atoms with Gasteiger partial charge in [-0.3, -0.25) is 0 Å². The van der Waals surface area contributed by atoms with Gasteiger partial charge in [0, 0.05) is 18.5 Å². The number of anilines is 1. The Morgan fingerprint density at radius 1 is 1.14 bits per heavy atom. The zero-order valence-corrected chi connectivity index (χ0v) is 11.6. The lowest BCUT2D eigenvalue weighted by Gasteiger charge is -2.09. The van der Waals surface area contributed by atoms with Crippen molar-refractivity contribution in [3.8, 4) is 0 Å². The third-order valence-corrected chi connectivity index (χ3v) is 3.49. The summed E-state index contributed by atoms with van der Waals surface area (Å²) in [5, 5.41) is 3.13. The highest BCUT2D eigenvalue weighted by molar-refractivity contribution is 5.37. The number of benzene rings is 1. The summed E-state index contributed by atoms with van der Waals surface area (Å²) in [6, 6.07) is 11.4. The Hall–Kier alpha value is -2.04. The van der Waals surface area contributed by atoms with Gasteiger partial charge in [0.15, 0.2) is 0 Å². The Labute approximate surface area is 122 Å². The zero-order chi connectivity index (χ0) is 14.7. The van der Waals surface area contributed by atoms with Crippen LogP contribution in [-0.4, -0.2) is 16.5 Å². The predicted octanol–water partition coefficient (Wildman–Crippen LogP) is 3.95. The Morgan fingerprint density at radius 2 is 1.90 bits per heavy atom. The normalized spacial score (nSPS) is 14.4. The second kappa shape index (κ2) is 6.16. The van der Waals surface area contributed by atoms with Crippen LogP contribution in [0.3, 0.4) is 0 Å². The van der Waals surface area contributed by atoms with Crippen molar-refractivity contribution >= 4 is 5.82 Å². The van der Waals surface area contributed by atoms with E-state index in [1.54, 1.807) is 0 Å². The monoisotopic (exact) mass is 289 g/mol. The molecule has 1 aliphatic rings.